The van der Waals surface area contributed by atoms with Crippen LogP contribution in [-0.4, -0.2) is 60.8 Å². The van der Waals surface area contributed by atoms with Gasteiger partial charge >= 0.3 is 0 Å². The Morgan fingerprint density at radius 2 is 1.84 bits per heavy atom. The molecule has 1 saturated heterocycles. The molecule has 0 spiro atoms. The van der Waals surface area contributed by atoms with Gasteiger partial charge in [-0.15, -0.1) is 12.4 Å². The molecule has 0 saturated carbocycles. The number of rotatable bonds is 4. The molecule has 25 heavy (non-hydrogen) atoms. The van der Waals surface area contributed by atoms with Crippen LogP contribution in [0.1, 0.15) is 10.4 Å². The molecule has 0 unspecified atom stereocenters. The summed E-state index contributed by atoms with van der Waals surface area (Å²) in [6, 6.07) is 5.36. The van der Waals surface area contributed by atoms with Gasteiger partial charge in [-0.05, 0) is 12.1 Å². The molecule has 1 aliphatic heterocycles. The van der Waals surface area contributed by atoms with Gasteiger partial charge < -0.3 is 23.8 Å². The molecule has 0 bridgehead atoms. The molecule has 8 heteroatoms. The minimum Gasteiger partial charge on any atom is -0.493 e. The number of hydrogen-bond acceptors (Lipinski definition) is 5. The number of nitrogens with zero attached hydrogens (tertiary/aromatic N) is 4. The molecule has 0 radical (unpaired) electrons. The van der Waals surface area contributed by atoms with Crippen LogP contribution in [0.2, 0.25) is 0 Å². The first kappa shape index (κ1) is 18.9. The summed E-state index contributed by atoms with van der Waals surface area (Å²) in [6.07, 6.45) is 3.71. The molecule has 0 atom stereocenters. The van der Waals surface area contributed by atoms with Crippen molar-refractivity contribution in [3.05, 3.63) is 36.2 Å². The van der Waals surface area contributed by atoms with Crippen molar-refractivity contribution in [3.8, 4) is 11.5 Å². The quantitative estimate of drug-likeness (QED) is 0.826. The number of para-hydroxylation sites is 1. The number of aryl methyl sites for hydroxylation is 1. The Morgan fingerprint density at radius 3 is 2.40 bits per heavy atom. The van der Waals surface area contributed by atoms with Gasteiger partial charge in [0, 0.05) is 45.6 Å². The summed E-state index contributed by atoms with van der Waals surface area (Å²) >= 11 is 0. The molecule has 136 valence electrons. The van der Waals surface area contributed by atoms with Crippen LogP contribution in [0.25, 0.3) is 0 Å². The number of benzene rings is 1. The minimum atomic E-state index is -0.0368. The van der Waals surface area contributed by atoms with E-state index in [1.165, 1.54) is 0 Å². The summed E-state index contributed by atoms with van der Waals surface area (Å²) in [5, 5.41) is 0. The average molecular weight is 367 g/mol. The number of carbonyl (C=O) groups excluding carboxylic acids is 1. The standard InChI is InChI=1S/C17H22N4O3.ClH/c1-19-8-7-18-17(19)21-11-9-20(10-12-21)16(22)13-5-4-6-14(23-2)15(13)24-3;/h4-8H,9-12H2,1-3H3;1H. The molecule has 2 aromatic rings. The Bertz CT molecular complexity index is 726. The maximum Gasteiger partial charge on any atom is 0.257 e. The molecular formula is C17H23ClN4O3. The number of hydrogen-bond donors (Lipinski definition) is 0. The van der Waals surface area contributed by atoms with Gasteiger partial charge in [-0.2, -0.15) is 0 Å². The molecule has 0 N–H and O–H groups in total. The Balaban J connectivity index is 0.00000225. The second-order valence-electron chi connectivity index (χ2n) is 5.66. The van der Waals surface area contributed by atoms with Crippen LogP contribution < -0.4 is 14.4 Å². The number of anilines is 1. The molecule has 1 amide bonds. The van der Waals surface area contributed by atoms with Crippen molar-refractivity contribution < 1.29 is 14.3 Å². The van der Waals surface area contributed by atoms with Crippen molar-refractivity contribution in [1.82, 2.24) is 14.5 Å². The first-order chi connectivity index (χ1) is 11.7. The lowest BCUT2D eigenvalue weighted by Crippen LogP contribution is -2.49. The van der Waals surface area contributed by atoms with Crippen LogP contribution in [0.3, 0.4) is 0 Å². The summed E-state index contributed by atoms with van der Waals surface area (Å²) < 4.78 is 12.6. The largest absolute Gasteiger partial charge is 0.493 e. The third kappa shape index (κ3) is 3.66. The number of aromatic nitrogens is 2. The van der Waals surface area contributed by atoms with Crippen LogP contribution >= 0.6 is 12.4 Å². The first-order valence-corrected chi connectivity index (χ1v) is 7.88. The zero-order valence-electron chi connectivity index (χ0n) is 14.6. The molecule has 1 fully saturated rings. The van der Waals surface area contributed by atoms with Crippen molar-refractivity contribution in [1.29, 1.82) is 0 Å². The van der Waals surface area contributed by atoms with Crippen molar-refractivity contribution in [2.24, 2.45) is 7.05 Å². The Labute approximate surface area is 153 Å². The Kier molecular flexibility index (Phi) is 6.14. The van der Waals surface area contributed by atoms with Gasteiger partial charge in [0.2, 0.25) is 5.95 Å². The molecule has 1 aliphatic rings. The SMILES string of the molecule is COc1cccc(C(=O)N2CCN(c3nccn3C)CC2)c1OC.Cl. The maximum atomic E-state index is 12.9. The van der Waals surface area contributed by atoms with E-state index in [1.54, 1.807) is 38.6 Å². The van der Waals surface area contributed by atoms with E-state index in [-0.39, 0.29) is 18.3 Å². The van der Waals surface area contributed by atoms with Crippen LogP contribution in [0.15, 0.2) is 30.6 Å². The number of imidazole rings is 1. The van der Waals surface area contributed by atoms with Crippen LogP contribution in [0, 0.1) is 0 Å². The molecule has 1 aromatic heterocycles. The molecule has 7 nitrogen and oxygen atoms in total. The van der Waals surface area contributed by atoms with Crippen molar-refractivity contribution in [3.63, 3.8) is 0 Å². The van der Waals surface area contributed by atoms with Gasteiger partial charge in [0.15, 0.2) is 11.5 Å². The molecule has 3 rings (SSSR count). The molecular weight excluding hydrogens is 344 g/mol. The lowest BCUT2D eigenvalue weighted by molar-refractivity contribution is 0.0742. The summed E-state index contributed by atoms with van der Waals surface area (Å²) in [5.41, 5.74) is 0.530. The van der Waals surface area contributed by atoms with Gasteiger partial charge in [0.25, 0.3) is 5.91 Å². The second-order valence-corrected chi connectivity index (χ2v) is 5.66. The number of carbonyl (C=O) groups is 1. The fourth-order valence-corrected chi connectivity index (χ4v) is 3.00. The smallest absolute Gasteiger partial charge is 0.257 e. The summed E-state index contributed by atoms with van der Waals surface area (Å²) in [4.78, 5) is 21.3. The number of halogens is 1. The third-order valence-corrected chi connectivity index (χ3v) is 4.28. The zero-order valence-corrected chi connectivity index (χ0v) is 15.5. The van der Waals surface area contributed by atoms with E-state index in [2.05, 4.69) is 9.88 Å². The van der Waals surface area contributed by atoms with Crippen molar-refractivity contribution in [2.45, 2.75) is 0 Å². The number of ether oxygens (including phenoxy) is 2. The van der Waals surface area contributed by atoms with E-state index < -0.39 is 0 Å². The molecule has 0 aliphatic carbocycles. The van der Waals surface area contributed by atoms with Crippen molar-refractivity contribution >= 4 is 24.3 Å². The predicted octanol–water partition coefficient (Wildman–Crippen LogP) is 1.82. The third-order valence-electron chi connectivity index (χ3n) is 4.28. The maximum absolute atomic E-state index is 12.9. The highest BCUT2D eigenvalue weighted by Crippen LogP contribution is 2.31. The first-order valence-electron chi connectivity index (χ1n) is 7.88. The Morgan fingerprint density at radius 1 is 1.12 bits per heavy atom. The van der Waals surface area contributed by atoms with Gasteiger partial charge in [0.1, 0.15) is 0 Å². The molecule has 1 aromatic carbocycles. The van der Waals surface area contributed by atoms with E-state index in [4.69, 9.17) is 9.47 Å². The highest BCUT2D eigenvalue weighted by molar-refractivity contribution is 5.98. The van der Waals surface area contributed by atoms with E-state index in [1.807, 2.05) is 22.7 Å². The van der Waals surface area contributed by atoms with Gasteiger partial charge in [-0.1, -0.05) is 6.07 Å². The van der Waals surface area contributed by atoms with Gasteiger partial charge in [0.05, 0.1) is 19.8 Å². The van der Waals surface area contributed by atoms with E-state index in [0.29, 0.717) is 30.2 Å². The fourth-order valence-electron chi connectivity index (χ4n) is 3.00. The van der Waals surface area contributed by atoms with Gasteiger partial charge in [-0.25, -0.2) is 4.98 Å². The predicted molar refractivity (Wildman–Crippen MR) is 98.1 cm³/mol. The summed E-state index contributed by atoms with van der Waals surface area (Å²) in [5.74, 6) is 1.94. The lowest BCUT2D eigenvalue weighted by Gasteiger charge is -2.35. The van der Waals surface area contributed by atoms with Crippen LogP contribution in [0.4, 0.5) is 5.95 Å². The van der Waals surface area contributed by atoms with Crippen molar-refractivity contribution in [2.75, 3.05) is 45.3 Å². The fraction of sp³-hybridized carbons (Fsp3) is 0.412. The average Bonchev–Trinajstić information content (AvgIpc) is 3.06. The number of methoxy groups -OCH3 is 2. The number of amides is 1. The highest BCUT2D eigenvalue weighted by atomic mass is 35.5. The van der Waals surface area contributed by atoms with E-state index >= 15 is 0 Å². The minimum absolute atomic E-state index is 0. The van der Waals surface area contributed by atoms with Crippen LogP contribution in [0.5, 0.6) is 11.5 Å². The Hall–Kier alpha value is -2.41. The van der Waals surface area contributed by atoms with E-state index in [0.717, 1.165) is 19.0 Å². The number of piperazine rings is 1. The second kappa shape index (κ2) is 8.11. The van der Waals surface area contributed by atoms with Crippen LogP contribution in [-0.2, 0) is 7.05 Å². The normalized spacial score (nSPS) is 14.0. The highest BCUT2D eigenvalue weighted by Gasteiger charge is 2.26. The molecule has 2 heterocycles. The monoisotopic (exact) mass is 366 g/mol. The summed E-state index contributed by atoms with van der Waals surface area (Å²) in [6.45, 7) is 2.80. The van der Waals surface area contributed by atoms with Gasteiger partial charge in [-0.3, -0.25) is 4.79 Å². The topological polar surface area (TPSA) is 59.8 Å². The van der Waals surface area contributed by atoms with E-state index in [9.17, 15) is 4.79 Å². The summed E-state index contributed by atoms with van der Waals surface area (Å²) in [7, 11) is 5.09. The lowest BCUT2D eigenvalue weighted by atomic mass is 10.1. The zero-order chi connectivity index (χ0) is 17.1.